The van der Waals surface area contributed by atoms with E-state index in [1.807, 2.05) is 55.5 Å². The lowest BCUT2D eigenvalue weighted by atomic mass is 10.2. The van der Waals surface area contributed by atoms with Gasteiger partial charge in [-0.3, -0.25) is 4.79 Å². The molecule has 0 atom stereocenters. The molecule has 0 aliphatic rings. The summed E-state index contributed by atoms with van der Waals surface area (Å²) in [6, 6.07) is 15.5. The van der Waals surface area contributed by atoms with Gasteiger partial charge in [0.2, 0.25) is 11.0 Å². The van der Waals surface area contributed by atoms with Gasteiger partial charge in [-0.2, -0.15) is 0 Å². The minimum absolute atomic E-state index is 0.0480. The Labute approximate surface area is 165 Å². The molecular weight excluding hydrogens is 388 g/mol. The maximum Gasteiger partial charge on any atom is 0.230 e. The number of hydrogen-bond donors (Lipinski definition) is 2. The Kier molecular flexibility index (Phi) is 6.49. The first kappa shape index (κ1) is 18.7. The summed E-state index contributed by atoms with van der Waals surface area (Å²) < 4.78 is 0.751. The van der Waals surface area contributed by atoms with Crippen LogP contribution in [0.3, 0.4) is 0 Å². The van der Waals surface area contributed by atoms with Crippen LogP contribution in [0.25, 0.3) is 0 Å². The van der Waals surface area contributed by atoms with Gasteiger partial charge in [-0.15, -0.1) is 10.2 Å². The van der Waals surface area contributed by atoms with E-state index in [4.69, 9.17) is 11.6 Å². The minimum atomic E-state index is -0.0480. The fraction of sp³-hybridized carbons (Fsp3) is 0.167. The molecule has 1 heterocycles. The summed E-state index contributed by atoms with van der Waals surface area (Å²) in [5.41, 5.74) is 3.17. The highest BCUT2D eigenvalue weighted by Gasteiger charge is 2.08. The molecule has 5 nitrogen and oxygen atoms in total. The van der Waals surface area contributed by atoms with Gasteiger partial charge in [-0.25, -0.2) is 0 Å². The monoisotopic (exact) mass is 404 g/mol. The van der Waals surface area contributed by atoms with Crippen LogP contribution in [-0.2, 0) is 11.3 Å². The van der Waals surface area contributed by atoms with Crippen molar-refractivity contribution in [1.29, 1.82) is 0 Å². The Morgan fingerprint density at radius 1 is 1.12 bits per heavy atom. The van der Waals surface area contributed by atoms with Gasteiger partial charge in [0.25, 0.3) is 0 Å². The highest BCUT2D eigenvalue weighted by atomic mass is 35.5. The van der Waals surface area contributed by atoms with E-state index in [-0.39, 0.29) is 5.91 Å². The number of thioether (sulfide) groups is 1. The number of aromatic nitrogens is 2. The lowest BCUT2D eigenvalue weighted by molar-refractivity contribution is -0.118. The van der Waals surface area contributed by atoms with Crippen molar-refractivity contribution in [3.63, 3.8) is 0 Å². The quantitative estimate of drug-likeness (QED) is 0.561. The molecule has 1 amide bonds. The maximum atomic E-state index is 12.0. The molecule has 0 aliphatic carbocycles. The van der Waals surface area contributed by atoms with E-state index >= 15 is 0 Å². The van der Waals surface area contributed by atoms with Crippen LogP contribution in [0.5, 0.6) is 0 Å². The number of amides is 1. The standard InChI is InChI=1S/C18H17ClN4OS2/c1-12-2-8-15(9-3-12)21-17-22-23-18(26-17)25-11-16(24)20-10-13-4-6-14(19)7-5-13/h2-9H,10-11H2,1H3,(H,20,24)(H,21,22). The van der Waals surface area contributed by atoms with E-state index in [0.717, 1.165) is 15.6 Å². The summed E-state index contributed by atoms with van der Waals surface area (Å²) in [6.07, 6.45) is 0. The molecule has 0 bridgehead atoms. The molecule has 134 valence electrons. The minimum Gasteiger partial charge on any atom is -0.351 e. The maximum absolute atomic E-state index is 12.0. The van der Waals surface area contributed by atoms with Crippen LogP contribution in [0.2, 0.25) is 5.02 Å². The summed E-state index contributed by atoms with van der Waals surface area (Å²) in [4.78, 5) is 12.0. The molecule has 0 aliphatic heterocycles. The number of benzene rings is 2. The molecular formula is C18H17ClN4OS2. The molecule has 1 aromatic heterocycles. The molecule has 3 rings (SSSR count). The third kappa shape index (κ3) is 5.72. The Hall–Kier alpha value is -2.09. The number of halogens is 1. The first-order chi connectivity index (χ1) is 12.6. The van der Waals surface area contributed by atoms with E-state index in [1.165, 1.54) is 28.7 Å². The van der Waals surface area contributed by atoms with Gasteiger partial charge in [0.15, 0.2) is 4.34 Å². The van der Waals surface area contributed by atoms with Crippen LogP contribution < -0.4 is 10.6 Å². The van der Waals surface area contributed by atoms with Crippen molar-refractivity contribution in [2.45, 2.75) is 17.8 Å². The number of rotatable bonds is 7. The van der Waals surface area contributed by atoms with Crippen LogP contribution in [0.15, 0.2) is 52.9 Å². The van der Waals surface area contributed by atoms with E-state index in [0.29, 0.717) is 22.5 Å². The average molecular weight is 405 g/mol. The Morgan fingerprint density at radius 2 is 1.85 bits per heavy atom. The first-order valence-corrected chi connectivity index (χ1v) is 10.1. The van der Waals surface area contributed by atoms with Crippen LogP contribution in [0, 0.1) is 6.92 Å². The zero-order chi connectivity index (χ0) is 18.4. The summed E-state index contributed by atoms with van der Waals surface area (Å²) in [6.45, 7) is 2.52. The van der Waals surface area contributed by atoms with Crippen molar-refractivity contribution in [3.8, 4) is 0 Å². The fourth-order valence-corrected chi connectivity index (χ4v) is 3.79. The van der Waals surface area contributed by atoms with Crippen LogP contribution in [0.1, 0.15) is 11.1 Å². The van der Waals surface area contributed by atoms with Crippen molar-refractivity contribution in [3.05, 3.63) is 64.7 Å². The number of nitrogens with one attached hydrogen (secondary N) is 2. The fourth-order valence-electron chi connectivity index (χ4n) is 2.06. The molecule has 26 heavy (non-hydrogen) atoms. The summed E-state index contributed by atoms with van der Waals surface area (Å²) in [5, 5.41) is 15.7. The molecule has 0 unspecified atom stereocenters. The second-order valence-electron chi connectivity index (χ2n) is 5.56. The number of aryl methyl sites for hydroxylation is 1. The van der Waals surface area contributed by atoms with Crippen molar-refractivity contribution in [2.24, 2.45) is 0 Å². The molecule has 2 N–H and O–H groups in total. The summed E-state index contributed by atoms with van der Waals surface area (Å²) in [5.74, 6) is 0.250. The Bertz CT molecular complexity index is 866. The molecule has 0 fully saturated rings. The van der Waals surface area contributed by atoms with E-state index < -0.39 is 0 Å². The highest BCUT2D eigenvalue weighted by Crippen LogP contribution is 2.27. The third-order valence-corrected chi connectivity index (χ3v) is 5.66. The van der Waals surface area contributed by atoms with Gasteiger partial charge in [0, 0.05) is 17.3 Å². The van der Waals surface area contributed by atoms with Crippen molar-refractivity contribution >= 4 is 51.4 Å². The molecule has 0 radical (unpaired) electrons. The van der Waals surface area contributed by atoms with Gasteiger partial charge in [-0.05, 0) is 36.8 Å². The smallest absolute Gasteiger partial charge is 0.230 e. The molecule has 8 heteroatoms. The van der Waals surface area contributed by atoms with Crippen LogP contribution in [-0.4, -0.2) is 21.9 Å². The topological polar surface area (TPSA) is 66.9 Å². The number of anilines is 2. The average Bonchev–Trinajstić information content (AvgIpc) is 3.09. The van der Waals surface area contributed by atoms with Gasteiger partial charge < -0.3 is 10.6 Å². The molecule has 2 aromatic carbocycles. The van der Waals surface area contributed by atoms with Crippen LogP contribution >= 0.6 is 34.7 Å². The lowest BCUT2D eigenvalue weighted by Gasteiger charge is -2.04. The van der Waals surface area contributed by atoms with Gasteiger partial charge in [0.05, 0.1) is 5.75 Å². The number of carbonyl (C=O) groups is 1. The van der Waals surface area contributed by atoms with Crippen molar-refractivity contribution in [1.82, 2.24) is 15.5 Å². The summed E-state index contributed by atoms with van der Waals surface area (Å²) in [7, 11) is 0. The van der Waals surface area contributed by atoms with E-state index in [9.17, 15) is 4.79 Å². The predicted octanol–water partition coefficient (Wildman–Crippen LogP) is 4.65. The van der Waals surface area contributed by atoms with Gasteiger partial charge in [-0.1, -0.05) is 64.5 Å². The van der Waals surface area contributed by atoms with Gasteiger partial charge in [0.1, 0.15) is 0 Å². The van der Waals surface area contributed by atoms with Gasteiger partial charge >= 0.3 is 0 Å². The summed E-state index contributed by atoms with van der Waals surface area (Å²) >= 11 is 8.64. The first-order valence-electron chi connectivity index (χ1n) is 7.89. The SMILES string of the molecule is Cc1ccc(Nc2nnc(SCC(=O)NCc3ccc(Cl)cc3)s2)cc1. The zero-order valence-electron chi connectivity index (χ0n) is 14.0. The lowest BCUT2D eigenvalue weighted by Crippen LogP contribution is -2.24. The largest absolute Gasteiger partial charge is 0.351 e. The Morgan fingerprint density at radius 3 is 2.58 bits per heavy atom. The zero-order valence-corrected chi connectivity index (χ0v) is 16.4. The normalized spacial score (nSPS) is 10.5. The number of nitrogens with zero attached hydrogens (tertiary/aromatic N) is 2. The highest BCUT2D eigenvalue weighted by molar-refractivity contribution is 8.01. The second-order valence-corrected chi connectivity index (χ2v) is 8.19. The molecule has 0 saturated heterocycles. The van der Waals surface area contributed by atoms with Crippen LogP contribution in [0.4, 0.5) is 10.8 Å². The number of carbonyl (C=O) groups excluding carboxylic acids is 1. The van der Waals surface area contributed by atoms with E-state index in [1.54, 1.807) is 0 Å². The third-order valence-electron chi connectivity index (χ3n) is 3.44. The van der Waals surface area contributed by atoms with Crippen molar-refractivity contribution in [2.75, 3.05) is 11.1 Å². The molecule has 0 spiro atoms. The molecule has 0 saturated carbocycles. The van der Waals surface area contributed by atoms with Crippen molar-refractivity contribution < 1.29 is 4.79 Å². The number of hydrogen-bond acceptors (Lipinski definition) is 6. The predicted molar refractivity (Wildman–Crippen MR) is 108 cm³/mol. The second kappa shape index (κ2) is 9.02. The van der Waals surface area contributed by atoms with E-state index in [2.05, 4.69) is 20.8 Å². The molecule has 3 aromatic rings. The Balaban J connectivity index is 1.44.